The predicted molar refractivity (Wildman–Crippen MR) is 161 cm³/mol. The van der Waals surface area contributed by atoms with Gasteiger partial charge in [-0.15, -0.1) is 0 Å². The molecule has 11 heteroatoms. The normalized spacial score (nSPS) is 11.8. The Morgan fingerprint density at radius 3 is 2.33 bits per heavy atom. The van der Waals surface area contributed by atoms with Gasteiger partial charge in [-0.25, -0.2) is 13.8 Å². The predicted octanol–water partition coefficient (Wildman–Crippen LogP) is 6.44. The highest BCUT2D eigenvalue weighted by Gasteiger charge is 2.26. The first-order valence-corrected chi connectivity index (χ1v) is 14.9. The second-order valence-corrected chi connectivity index (χ2v) is 12.3. The van der Waals surface area contributed by atoms with Crippen molar-refractivity contribution in [3.05, 3.63) is 116 Å². The Bertz CT molecular complexity index is 1640. The highest BCUT2D eigenvalue weighted by molar-refractivity contribution is 7.89. The lowest BCUT2D eigenvalue weighted by atomic mass is 10.1. The van der Waals surface area contributed by atoms with E-state index in [-0.39, 0.29) is 11.4 Å². The van der Waals surface area contributed by atoms with Crippen molar-refractivity contribution in [3.63, 3.8) is 0 Å². The minimum Gasteiger partial charge on any atom is -0.318 e. The molecule has 0 aliphatic heterocycles. The van der Waals surface area contributed by atoms with Gasteiger partial charge in [0.15, 0.2) is 0 Å². The summed E-state index contributed by atoms with van der Waals surface area (Å²) in [5.41, 5.74) is 6.85. The van der Waals surface area contributed by atoms with Crippen LogP contribution in [0.4, 0.5) is 0 Å². The van der Waals surface area contributed by atoms with Crippen molar-refractivity contribution in [2.24, 2.45) is 5.10 Å². The molecule has 208 valence electrons. The average molecular weight is 618 g/mol. The van der Waals surface area contributed by atoms with E-state index in [4.69, 9.17) is 34.8 Å². The van der Waals surface area contributed by atoms with Crippen LogP contribution in [0.3, 0.4) is 0 Å². The van der Waals surface area contributed by atoms with Crippen molar-refractivity contribution in [2.45, 2.75) is 25.2 Å². The summed E-state index contributed by atoms with van der Waals surface area (Å²) in [5.74, 6) is -0.569. The second kappa shape index (κ2) is 13.0. The van der Waals surface area contributed by atoms with Crippen LogP contribution in [0, 0.1) is 13.8 Å². The number of rotatable bonds is 10. The van der Waals surface area contributed by atoms with E-state index in [2.05, 4.69) is 10.5 Å². The molecule has 0 saturated heterocycles. The van der Waals surface area contributed by atoms with Crippen LogP contribution in [0.5, 0.6) is 0 Å². The molecule has 0 aliphatic rings. The zero-order valence-corrected chi connectivity index (χ0v) is 24.9. The van der Waals surface area contributed by atoms with Gasteiger partial charge in [-0.05, 0) is 74.4 Å². The summed E-state index contributed by atoms with van der Waals surface area (Å²) in [6.07, 6.45) is 1.96. The van der Waals surface area contributed by atoms with Crippen molar-refractivity contribution in [2.75, 3.05) is 13.1 Å². The molecule has 0 saturated carbocycles. The van der Waals surface area contributed by atoms with Crippen LogP contribution < -0.4 is 5.43 Å². The lowest BCUT2D eigenvalue weighted by Gasteiger charge is -2.21. The molecule has 0 spiro atoms. The molecule has 0 radical (unpaired) electrons. The molecular formula is C29H27Cl3N4O3S. The Balaban J connectivity index is 1.49. The van der Waals surface area contributed by atoms with Crippen molar-refractivity contribution < 1.29 is 13.2 Å². The third kappa shape index (κ3) is 7.13. The van der Waals surface area contributed by atoms with Gasteiger partial charge in [0, 0.05) is 34.2 Å². The molecule has 4 rings (SSSR count). The molecule has 1 heterocycles. The maximum atomic E-state index is 13.4. The molecule has 1 N–H and O–H groups in total. The molecule has 1 aromatic heterocycles. The van der Waals surface area contributed by atoms with Crippen LogP contribution in [0.1, 0.15) is 22.5 Å². The molecule has 0 fully saturated rings. The van der Waals surface area contributed by atoms with Crippen molar-refractivity contribution in [1.82, 2.24) is 14.3 Å². The fourth-order valence-corrected chi connectivity index (χ4v) is 6.06. The molecule has 3 aromatic carbocycles. The third-order valence-electron chi connectivity index (χ3n) is 6.29. The number of nitrogens with zero attached hydrogens (tertiary/aromatic N) is 3. The van der Waals surface area contributed by atoms with Crippen LogP contribution in [0.25, 0.3) is 5.69 Å². The lowest BCUT2D eigenvalue weighted by molar-refractivity contribution is -0.121. The summed E-state index contributed by atoms with van der Waals surface area (Å²) < 4.78 is 29.9. The first-order valence-electron chi connectivity index (χ1n) is 12.3. The standard InChI is InChI=1S/C29H27Cl3N4O3S/c1-20-16-23(21(2)36(20)25-10-13-27(31)28(32)17-25)18-33-34-29(37)19-35(15-14-22-6-4-3-5-7-22)40(38,39)26-11-8-24(30)9-12-26/h3-13,16-18H,14-15,19H2,1-2H3,(H,34,37)/b33-18-. The van der Waals surface area contributed by atoms with Crippen molar-refractivity contribution >= 4 is 56.9 Å². The van der Waals surface area contributed by atoms with E-state index in [1.165, 1.54) is 30.5 Å². The number of amides is 1. The van der Waals surface area contributed by atoms with Gasteiger partial charge in [-0.2, -0.15) is 9.41 Å². The Morgan fingerprint density at radius 1 is 0.950 bits per heavy atom. The quantitative estimate of drug-likeness (QED) is 0.164. The number of hydrazone groups is 1. The third-order valence-corrected chi connectivity index (χ3v) is 9.14. The van der Waals surface area contributed by atoms with Gasteiger partial charge in [0.05, 0.1) is 27.7 Å². The number of carbonyl (C=O) groups excluding carboxylic acids is 1. The zero-order valence-electron chi connectivity index (χ0n) is 21.8. The van der Waals surface area contributed by atoms with Crippen LogP contribution in [0.15, 0.2) is 88.9 Å². The SMILES string of the molecule is Cc1cc(/C=N\NC(=O)CN(CCc2ccccc2)S(=O)(=O)c2ccc(Cl)cc2)c(C)n1-c1ccc(Cl)c(Cl)c1. The first-order chi connectivity index (χ1) is 19.1. The van der Waals surface area contributed by atoms with E-state index >= 15 is 0 Å². The van der Waals surface area contributed by atoms with Gasteiger partial charge >= 0.3 is 0 Å². The number of sulfonamides is 1. The van der Waals surface area contributed by atoms with Gasteiger partial charge in [0.1, 0.15) is 0 Å². The Morgan fingerprint density at radius 2 is 1.65 bits per heavy atom. The molecule has 4 aromatic rings. The lowest BCUT2D eigenvalue weighted by Crippen LogP contribution is -2.40. The van der Waals surface area contributed by atoms with E-state index in [0.717, 1.165) is 32.5 Å². The number of carbonyl (C=O) groups is 1. The minimum absolute atomic E-state index is 0.0519. The largest absolute Gasteiger partial charge is 0.318 e. The summed E-state index contributed by atoms with van der Waals surface area (Å²) in [4.78, 5) is 12.9. The highest BCUT2D eigenvalue weighted by atomic mass is 35.5. The van der Waals surface area contributed by atoms with Crippen LogP contribution in [0.2, 0.25) is 15.1 Å². The van der Waals surface area contributed by atoms with Crippen LogP contribution >= 0.6 is 34.8 Å². The van der Waals surface area contributed by atoms with Crippen LogP contribution in [-0.4, -0.2) is 42.5 Å². The fourth-order valence-electron chi connectivity index (χ4n) is 4.25. The number of aromatic nitrogens is 1. The summed E-state index contributed by atoms with van der Waals surface area (Å²) in [6.45, 7) is 3.56. The smallest absolute Gasteiger partial charge is 0.255 e. The second-order valence-electron chi connectivity index (χ2n) is 9.08. The van der Waals surface area contributed by atoms with Gasteiger partial charge in [0.2, 0.25) is 10.0 Å². The topological polar surface area (TPSA) is 83.8 Å². The molecule has 1 amide bonds. The summed E-state index contributed by atoms with van der Waals surface area (Å²) in [7, 11) is -3.97. The number of halogens is 3. The number of nitrogens with one attached hydrogen (secondary N) is 1. The first kappa shape index (κ1) is 29.8. The average Bonchev–Trinajstić information content (AvgIpc) is 3.21. The number of aryl methyl sites for hydroxylation is 1. The van der Waals surface area contributed by atoms with Gasteiger partial charge < -0.3 is 4.57 Å². The molecule has 0 bridgehead atoms. The highest BCUT2D eigenvalue weighted by Crippen LogP contribution is 2.27. The zero-order chi connectivity index (χ0) is 28.9. The monoisotopic (exact) mass is 616 g/mol. The molecule has 7 nitrogen and oxygen atoms in total. The van der Waals surface area contributed by atoms with E-state index in [9.17, 15) is 13.2 Å². The maximum Gasteiger partial charge on any atom is 0.255 e. The summed E-state index contributed by atoms with van der Waals surface area (Å²) in [5, 5.41) is 5.42. The molecule has 40 heavy (non-hydrogen) atoms. The Labute approximate surface area is 249 Å². The summed E-state index contributed by atoms with van der Waals surface area (Å²) in [6, 6.07) is 22.6. The van der Waals surface area contributed by atoms with E-state index in [1.54, 1.807) is 12.1 Å². The fraction of sp³-hybridized carbons (Fsp3) is 0.172. The van der Waals surface area contributed by atoms with E-state index < -0.39 is 22.5 Å². The van der Waals surface area contributed by atoms with Gasteiger partial charge in [-0.3, -0.25) is 4.79 Å². The molecule has 0 unspecified atom stereocenters. The van der Waals surface area contributed by atoms with Crippen molar-refractivity contribution in [3.8, 4) is 5.69 Å². The minimum atomic E-state index is -3.97. The van der Waals surface area contributed by atoms with Crippen molar-refractivity contribution in [1.29, 1.82) is 0 Å². The number of hydrogen-bond donors (Lipinski definition) is 1. The molecule has 0 atom stereocenters. The summed E-state index contributed by atoms with van der Waals surface area (Å²) >= 11 is 18.2. The Kier molecular flexibility index (Phi) is 9.71. The van der Waals surface area contributed by atoms with E-state index in [1.807, 2.05) is 60.9 Å². The number of benzene rings is 3. The van der Waals surface area contributed by atoms with Gasteiger partial charge in [-0.1, -0.05) is 65.1 Å². The maximum absolute atomic E-state index is 13.4. The van der Waals surface area contributed by atoms with Crippen LogP contribution in [-0.2, 0) is 21.2 Å². The molecular weight excluding hydrogens is 591 g/mol. The molecule has 0 aliphatic carbocycles. The van der Waals surface area contributed by atoms with E-state index in [0.29, 0.717) is 21.5 Å². The van der Waals surface area contributed by atoms with Gasteiger partial charge in [0.25, 0.3) is 5.91 Å². The Hall–Kier alpha value is -3.14. The number of hydrogen-bond acceptors (Lipinski definition) is 4.